The summed E-state index contributed by atoms with van der Waals surface area (Å²) in [5, 5.41) is 1.95. The maximum atomic E-state index is 14.6. The van der Waals surface area contributed by atoms with E-state index >= 15 is 0 Å². The van der Waals surface area contributed by atoms with E-state index in [0.717, 1.165) is 19.3 Å². The molecule has 0 unspecified atom stereocenters. The third kappa shape index (κ3) is 5.08. The molecule has 1 atom stereocenters. The maximum Gasteiger partial charge on any atom is 0.433 e. The first-order chi connectivity index (χ1) is 13.5. The molecule has 7 nitrogen and oxygen atoms in total. The summed E-state index contributed by atoms with van der Waals surface area (Å²) in [5.74, 6) is -3.01. The summed E-state index contributed by atoms with van der Waals surface area (Å²) in [6, 6.07) is -1.11. The number of carbonyl (C=O) groups excluding carboxylic acids is 1. The summed E-state index contributed by atoms with van der Waals surface area (Å²) >= 11 is 0. The molecule has 0 fully saturated rings. The van der Waals surface area contributed by atoms with Crippen LogP contribution in [0.2, 0.25) is 0 Å². The number of rotatable bonds is 5. The van der Waals surface area contributed by atoms with E-state index in [0.29, 0.717) is 23.8 Å². The van der Waals surface area contributed by atoms with Gasteiger partial charge in [0, 0.05) is 25.1 Å². The van der Waals surface area contributed by atoms with Crippen molar-refractivity contribution in [2.24, 2.45) is 7.05 Å². The minimum Gasteiger partial charge on any atom is -0.343 e. The van der Waals surface area contributed by atoms with Crippen LogP contribution in [0.3, 0.4) is 0 Å². The van der Waals surface area contributed by atoms with Gasteiger partial charge in [-0.3, -0.25) is 9.78 Å². The van der Waals surface area contributed by atoms with Crippen LogP contribution in [0, 0.1) is 5.82 Å². The number of alkyl halides is 6. The standard InChI is InChI=1S/C15H13F7N4O3S/c1-7(14(17,18)19)25-30(28,29)9-6-26(2)12(11(9)16)13(27)24-8-3-4-23-10(5-8)15(20,21)22/h3-7,25H,1-2H3,(H,23,24,27)/t7-/m1/s1. The van der Waals surface area contributed by atoms with E-state index in [1.165, 1.54) is 4.72 Å². The first-order valence-electron chi connectivity index (χ1n) is 7.82. The largest absolute Gasteiger partial charge is 0.433 e. The average Bonchev–Trinajstić information content (AvgIpc) is 2.88. The van der Waals surface area contributed by atoms with E-state index in [9.17, 15) is 43.9 Å². The van der Waals surface area contributed by atoms with Gasteiger partial charge in [0.25, 0.3) is 5.91 Å². The van der Waals surface area contributed by atoms with Gasteiger partial charge in [-0.05, 0) is 19.1 Å². The predicted molar refractivity (Wildman–Crippen MR) is 88.4 cm³/mol. The number of pyridine rings is 1. The van der Waals surface area contributed by atoms with Crippen molar-refractivity contribution in [2.45, 2.75) is 30.2 Å². The summed E-state index contributed by atoms with van der Waals surface area (Å²) in [4.78, 5) is 14.1. The number of halogens is 7. The summed E-state index contributed by atoms with van der Waals surface area (Å²) in [6.07, 6.45) is -8.48. The molecule has 2 aromatic rings. The molecule has 0 aliphatic carbocycles. The van der Waals surface area contributed by atoms with Gasteiger partial charge in [-0.1, -0.05) is 0 Å². The molecule has 166 valence electrons. The summed E-state index contributed by atoms with van der Waals surface area (Å²) in [6.45, 7) is 0.494. The smallest absolute Gasteiger partial charge is 0.343 e. The molecule has 2 aromatic heterocycles. The number of hydrogen-bond donors (Lipinski definition) is 2. The predicted octanol–water partition coefficient (Wildman–Crippen LogP) is 3.06. The highest BCUT2D eigenvalue weighted by Gasteiger charge is 2.40. The zero-order valence-electron chi connectivity index (χ0n) is 15.1. The van der Waals surface area contributed by atoms with Gasteiger partial charge in [0.1, 0.15) is 22.3 Å². The monoisotopic (exact) mass is 462 g/mol. The Morgan fingerprint density at radius 2 is 1.80 bits per heavy atom. The third-order valence-corrected chi connectivity index (χ3v) is 5.25. The number of nitrogens with zero attached hydrogens (tertiary/aromatic N) is 2. The lowest BCUT2D eigenvalue weighted by Gasteiger charge is -2.16. The number of carbonyl (C=O) groups is 1. The van der Waals surface area contributed by atoms with Crippen molar-refractivity contribution < 1.29 is 43.9 Å². The Labute approximate surface area is 164 Å². The molecule has 0 saturated carbocycles. The Morgan fingerprint density at radius 3 is 2.33 bits per heavy atom. The van der Waals surface area contributed by atoms with Crippen molar-refractivity contribution in [3.05, 3.63) is 41.7 Å². The molecule has 1 amide bonds. The fourth-order valence-corrected chi connectivity index (χ4v) is 3.59. The van der Waals surface area contributed by atoms with Crippen molar-refractivity contribution in [2.75, 3.05) is 5.32 Å². The molecule has 0 radical (unpaired) electrons. The number of anilines is 1. The first-order valence-corrected chi connectivity index (χ1v) is 9.31. The van der Waals surface area contributed by atoms with Crippen LogP contribution in [0.4, 0.5) is 36.4 Å². The van der Waals surface area contributed by atoms with Gasteiger partial charge >= 0.3 is 12.4 Å². The number of hydrogen-bond acceptors (Lipinski definition) is 4. The fraction of sp³-hybridized carbons (Fsp3) is 0.333. The molecule has 2 rings (SSSR count). The van der Waals surface area contributed by atoms with Crippen molar-refractivity contribution in [1.29, 1.82) is 0 Å². The third-order valence-electron chi connectivity index (χ3n) is 3.72. The zero-order chi connectivity index (χ0) is 23.1. The lowest BCUT2D eigenvalue weighted by Crippen LogP contribution is -2.43. The van der Waals surface area contributed by atoms with Crippen LogP contribution in [0.1, 0.15) is 23.1 Å². The number of aromatic nitrogens is 2. The van der Waals surface area contributed by atoms with Crippen LogP contribution in [0.15, 0.2) is 29.4 Å². The summed E-state index contributed by atoms with van der Waals surface area (Å²) < 4.78 is 116. The van der Waals surface area contributed by atoms with Gasteiger partial charge in [0.15, 0.2) is 5.82 Å². The van der Waals surface area contributed by atoms with Crippen LogP contribution in [0.5, 0.6) is 0 Å². The Morgan fingerprint density at radius 1 is 1.20 bits per heavy atom. The van der Waals surface area contributed by atoms with Gasteiger partial charge < -0.3 is 9.88 Å². The van der Waals surface area contributed by atoms with E-state index in [1.807, 2.05) is 5.32 Å². The van der Waals surface area contributed by atoms with Gasteiger partial charge in [-0.2, -0.15) is 31.1 Å². The zero-order valence-corrected chi connectivity index (χ0v) is 15.9. The van der Waals surface area contributed by atoms with Crippen LogP contribution < -0.4 is 10.0 Å². The second kappa shape index (κ2) is 7.86. The maximum absolute atomic E-state index is 14.6. The minimum atomic E-state index is -5.01. The summed E-state index contributed by atoms with van der Waals surface area (Å²) in [5.41, 5.74) is -2.70. The van der Waals surface area contributed by atoms with E-state index in [4.69, 9.17) is 0 Å². The highest BCUT2D eigenvalue weighted by molar-refractivity contribution is 7.89. The number of amides is 1. The second-order valence-electron chi connectivity index (χ2n) is 6.03. The van der Waals surface area contributed by atoms with Crippen LogP contribution in [-0.4, -0.2) is 36.1 Å². The second-order valence-corrected chi connectivity index (χ2v) is 7.72. The summed E-state index contributed by atoms with van der Waals surface area (Å²) in [7, 11) is -3.99. The van der Waals surface area contributed by atoms with Gasteiger partial charge in [0.2, 0.25) is 10.0 Å². The number of sulfonamides is 1. The van der Waals surface area contributed by atoms with E-state index in [1.54, 1.807) is 0 Å². The van der Waals surface area contributed by atoms with Crippen LogP contribution in [-0.2, 0) is 23.2 Å². The first kappa shape index (κ1) is 23.6. The van der Waals surface area contributed by atoms with E-state index in [2.05, 4.69) is 4.98 Å². The van der Waals surface area contributed by atoms with Gasteiger partial charge in [0.05, 0.1) is 0 Å². The van der Waals surface area contributed by atoms with Crippen LogP contribution >= 0.6 is 0 Å². The van der Waals surface area contributed by atoms with Gasteiger partial charge in [-0.25, -0.2) is 12.8 Å². The molecule has 0 aliphatic heterocycles. The Kier molecular flexibility index (Phi) is 6.19. The number of aryl methyl sites for hydroxylation is 1. The Bertz CT molecular complexity index is 1060. The molecule has 2 N–H and O–H groups in total. The molecule has 0 aliphatic rings. The molecular formula is C15H13F7N4O3S. The molecule has 0 spiro atoms. The highest BCUT2D eigenvalue weighted by Crippen LogP contribution is 2.29. The molecule has 30 heavy (non-hydrogen) atoms. The van der Waals surface area contributed by atoms with E-state index in [-0.39, 0.29) is 0 Å². The van der Waals surface area contributed by atoms with E-state index < -0.39 is 62.1 Å². The molecule has 0 bridgehead atoms. The van der Waals surface area contributed by atoms with Crippen molar-refractivity contribution in [3.63, 3.8) is 0 Å². The topological polar surface area (TPSA) is 93.1 Å². The normalized spacial score (nSPS) is 13.9. The SMILES string of the molecule is C[C@@H](NS(=O)(=O)c1cn(C)c(C(=O)Nc2ccnc(C(F)(F)F)c2)c1F)C(F)(F)F. The van der Waals surface area contributed by atoms with Crippen molar-refractivity contribution in [3.8, 4) is 0 Å². The number of nitrogens with one attached hydrogen (secondary N) is 2. The fourth-order valence-electron chi connectivity index (χ4n) is 2.23. The Balaban J connectivity index is 2.35. The molecule has 0 aromatic carbocycles. The molecular weight excluding hydrogens is 449 g/mol. The lowest BCUT2D eigenvalue weighted by atomic mass is 10.3. The van der Waals surface area contributed by atoms with Gasteiger partial charge in [-0.15, -0.1) is 0 Å². The van der Waals surface area contributed by atoms with Crippen LogP contribution in [0.25, 0.3) is 0 Å². The molecule has 0 saturated heterocycles. The van der Waals surface area contributed by atoms with Crippen molar-refractivity contribution in [1.82, 2.24) is 14.3 Å². The quantitative estimate of drug-likeness (QED) is 0.669. The highest BCUT2D eigenvalue weighted by atomic mass is 32.2. The minimum absolute atomic E-state index is 0.420. The molecule has 2 heterocycles. The lowest BCUT2D eigenvalue weighted by molar-refractivity contribution is -0.147. The average molecular weight is 462 g/mol. The molecule has 15 heteroatoms. The van der Waals surface area contributed by atoms with Crippen molar-refractivity contribution >= 4 is 21.6 Å². The Hall–Kier alpha value is -2.68.